The maximum Gasteiger partial charge on any atom is 0.387 e. The van der Waals surface area contributed by atoms with Crippen molar-refractivity contribution in [3.05, 3.63) is 29.8 Å². The summed E-state index contributed by atoms with van der Waals surface area (Å²) in [7, 11) is 0. The highest BCUT2D eigenvalue weighted by atomic mass is 127. The van der Waals surface area contributed by atoms with Crippen LogP contribution in [0.3, 0.4) is 0 Å². The molecule has 0 atom stereocenters. The van der Waals surface area contributed by atoms with Crippen LogP contribution in [0.15, 0.2) is 24.3 Å². The van der Waals surface area contributed by atoms with E-state index in [1.54, 1.807) is 12.1 Å². The number of hydrogen-bond acceptors (Lipinski definition) is 2. The van der Waals surface area contributed by atoms with Crippen molar-refractivity contribution in [3.63, 3.8) is 0 Å². The molecule has 0 N–H and O–H groups in total. The fraction of sp³-hybridized carbons (Fsp3) is 0.125. The molecule has 0 amide bonds. The molecule has 0 aliphatic carbocycles. The van der Waals surface area contributed by atoms with Crippen molar-refractivity contribution in [3.8, 4) is 5.75 Å². The first-order valence-corrected chi connectivity index (χ1v) is 4.83. The molecular formula is C8H5F2IOS. The molecule has 0 bridgehead atoms. The van der Waals surface area contributed by atoms with Gasteiger partial charge in [-0.2, -0.15) is 8.78 Å². The molecule has 1 rings (SSSR count). The lowest BCUT2D eigenvalue weighted by Crippen LogP contribution is -2.01. The molecule has 1 aromatic rings. The number of alkyl halides is 2. The summed E-state index contributed by atoms with van der Waals surface area (Å²) in [6.45, 7) is -2.78. The Labute approximate surface area is 93.2 Å². The van der Waals surface area contributed by atoms with E-state index in [1.807, 2.05) is 22.6 Å². The smallest absolute Gasteiger partial charge is 0.387 e. The van der Waals surface area contributed by atoms with Crippen LogP contribution in [-0.4, -0.2) is 9.48 Å². The average Bonchev–Trinajstić information content (AvgIpc) is 2.04. The Balaban J connectivity index is 2.75. The molecule has 0 aromatic heterocycles. The van der Waals surface area contributed by atoms with Gasteiger partial charge in [0, 0.05) is 0 Å². The molecule has 0 aliphatic rings. The van der Waals surface area contributed by atoms with Gasteiger partial charge in [0.2, 0.25) is 0 Å². The third-order valence-corrected chi connectivity index (χ3v) is 2.16. The third kappa shape index (κ3) is 3.51. The number of hydrogen-bond donors (Lipinski definition) is 0. The summed E-state index contributed by atoms with van der Waals surface area (Å²) >= 11 is 6.88. The molecule has 1 aromatic carbocycles. The number of benzene rings is 1. The van der Waals surface area contributed by atoms with E-state index in [0.29, 0.717) is 2.87 Å². The topological polar surface area (TPSA) is 9.23 Å². The van der Waals surface area contributed by atoms with Gasteiger partial charge in [-0.05, 0) is 52.4 Å². The van der Waals surface area contributed by atoms with E-state index in [4.69, 9.17) is 12.2 Å². The van der Waals surface area contributed by atoms with Crippen LogP contribution >= 0.6 is 34.8 Å². The molecule has 70 valence electrons. The fourth-order valence-electron chi connectivity index (χ4n) is 0.767. The summed E-state index contributed by atoms with van der Waals surface area (Å²) in [6, 6.07) is 6.22. The van der Waals surface area contributed by atoms with Crippen molar-refractivity contribution in [2.24, 2.45) is 0 Å². The maximum absolute atomic E-state index is 11.7. The first-order chi connectivity index (χ1) is 6.09. The van der Waals surface area contributed by atoms with Gasteiger partial charge in [-0.15, -0.1) is 0 Å². The molecule has 0 heterocycles. The van der Waals surface area contributed by atoms with Gasteiger partial charge in [0.05, 0.1) is 2.87 Å². The highest BCUT2D eigenvalue weighted by Crippen LogP contribution is 2.16. The van der Waals surface area contributed by atoms with E-state index in [1.165, 1.54) is 12.1 Å². The van der Waals surface area contributed by atoms with Gasteiger partial charge in [-0.3, -0.25) is 0 Å². The predicted octanol–water partition coefficient (Wildman–Crippen LogP) is 3.40. The minimum Gasteiger partial charge on any atom is -0.435 e. The van der Waals surface area contributed by atoms with Crippen molar-refractivity contribution in [2.45, 2.75) is 6.61 Å². The van der Waals surface area contributed by atoms with E-state index >= 15 is 0 Å². The first kappa shape index (κ1) is 10.8. The Hall–Kier alpha value is -0.300. The van der Waals surface area contributed by atoms with Gasteiger partial charge < -0.3 is 4.74 Å². The van der Waals surface area contributed by atoms with Crippen LogP contribution in [0.25, 0.3) is 0 Å². The first-order valence-electron chi connectivity index (χ1n) is 3.34. The number of halogens is 3. The van der Waals surface area contributed by atoms with Gasteiger partial charge in [0.15, 0.2) is 0 Å². The van der Waals surface area contributed by atoms with Gasteiger partial charge in [-0.1, -0.05) is 12.2 Å². The van der Waals surface area contributed by atoms with Crippen LogP contribution in [0.4, 0.5) is 8.78 Å². The van der Waals surface area contributed by atoms with Crippen molar-refractivity contribution in [1.29, 1.82) is 0 Å². The molecule has 0 fully saturated rings. The summed E-state index contributed by atoms with van der Waals surface area (Å²) in [5.41, 5.74) is 0.831. The second-order valence-electron chi connectivity index (χ2n) is 2.18. The van der Waals surface area contributed by atoms with Crippen LogP contribution in [0.2, 0.25) is 0 Å². The molecule has 1 nitrogen and oxygen atoms in total. The standard InChI is InChI=1S/C8H5F2IOS/c9-8(10)12-6-3-1-5(2-4-6)7(11)13/h1-4,8H. The summed E-state index contributed by atoms with van der Waals surface area (Å²) < 4.78 is 28.3. The molecule has 13 heavy (non-hydrogen) atoms. The molecular weight excluding hydrogens is 309 g/mol. The molecule has 5 heteroatoms. The Bertz CT molecular complexity index is 300. The lowest BCUT2D eigenvalue weighted by molar-refractivity contribution is -0.0498. The number of rotatable bonds is 3. The largest absolute Gasteiger partial charge is 0.435 e. The lowest BCUT2D eigenvalue weighted by Gasteiger charge is -2.04. The van der Waals surface area contributed by atoms with Gasteiger partial charge >= 0.3 is 6.61 Å². The normalized spacial score (nSPS) is 10.2. The lowest BCUT2D eigenvalue weighted by atomic mass is 10.2. The second-order valence-corrected chi connectivity index (χ2v) is 4.40. The van der Waals surface area contributed by atoms with Crippen LogP contribution in [-0.2, 0) is 0 Å². The Morgan fingerprint density at radius 2 is 1.85 bits per heavy atom. The van der Waals surface area contributed by atoms with Crippen molar-refractivity contribution >= 4 is 37.7 Å². The SMILES string of the molecule is FC(F)Oc1ccc(C(=S)I)cc1. The third-order valence-electron chi connectivity index (χ3n) is 1.31. The Morgan fingerprint density at radius 3 is 2.23 bits per heavy atom. The van der Waals surface area contributed by atoms with Gasteiger partial charge in [0.1, 0.15) is 5.75 Å². The van der Waals surface area contributed by atoms with Crippen molar-refractivity contribution < 1.29 is 13.5 Å². The summed E-state index contributed by atoms with van der Waals surface area (Å²) in [5.74, 6) is 0.145. The van der Waals surface area contributed by atoms with Crippen molar-refractivity contribution in [1.82, 2.24) is 0 Å². The minimum atomic E-state index is -2.78. The highest BCUT2D eigenvalue weighted by Gasteiger charge is 2.03. The monoisotopic (exact) mass is 314 g/mol. The predicted molar refractivity (Wildman–Crippen MR) is 58.8 cm³/mol. The zero-order valence-corrected chi connectivity index (χ0v) is 9.31. The second kappa shape index (κ2) is 4.80. The molecule has 0 unspecified atom stereocenters. The Kier molecular flexibility index (Phi) is 3.98. The van der Waals surface area contributed by atoms with Crippen molar-refractivity contribution in [2.75, 3.05) is 0 Å². The minimum absolute atomic E-state index is 0.145. The zero-order chi connectivity index (χ0) is 9.84. The van der Waals surface area contributed by atoms with E-state index < -0.39 is 6.61 Å². The number of thiocarbonyl (C=S) groups is 1. The number of ether oxygens (including phenoxy) is 1. The van der Waals surface area contributed by atoms with E-state index in [0.717, 1.165) is 5.56 Å². The van der Waals surface area contributed by atoms with Crippen LogP contribution in [0.1, 0.15) is 5.56 Å². The van der Waals surface area contributed by atoms with Crippen LogP contribution in [0, 0.1) is 0 Å². The summed E-state index contributed by atoms with van der Waals surface area (Å²) in [6.07, 6.45) is 0. The molecule has 0 aliphatic heterocycles. The summed E-state index contributed by atoms with van der Waals surface area (Å²) in [5, 5.41) is 0. The molecule has 0 radical (unpaired) electrons. The van der Waals surface area contributed by atoms with E-state index in [2.05, 4.69) is 4.74 Å². The van der Waals surface area contributed by atoms with E-state index in [-0.39, 0.29) is 5.75 Å². The fourth-order valence-corrected chi connectivity index (χ4v) is 1.26. The molecule has 0 saturated heterocycles. The highest BCUT2D eigenvalue weighted by molar-refractivity contribution is 14.1. The quantitative estimate of drug-likeness (QED) is 0.480. The van der Waals surface area contributed by atoms with Gasteiger partial charge in [0.25, 0.3) is 0 Å². The summed E-state index contributed by atoms with van der Waals surface area (Å²) in [4.78, 5) is 0. The van der Waals surface area contributed by atoms with Crippen LogP contribution < -0.4 is 4.74 Å². The molecule has 0 saturated carbocycles. The zero-order valence-electron chi connectivity index (χ0n) is 6.34. The molecule has 0 spiro atoms. The van der Waals surface area contributed by atoms with Gasteiger partial charge in [-0.25, -0.2) is 0 Å². The van der Waals surface area contributed by atoms with Crippen LogP contribution in [0.5, 0.6) is 5.75 Å². The average molecular weight is 314 g/mol. The van der Waals surface area contributed by atoms with E-state index in [9.17, 15) is 8.78 Å². The maximum atomic E-state index is 11.7. The Morgan fingerprint density at radius 1 is 1.31 bits per heavy atom.